The monoisotopic (exact) mass is 221 g/mol. The summed E-state index contributed by atoms with van der Waals surface area (Å²) in [6, 6.07) is 0. The molecule has 0 amide bonds. The summed E-state index contributed by atoms with van der Waals surface area (Å²) in [5.74, 6) is -0.185. The summed E-state index contributed by atoms with van der Waals surface area (Å²) in [6.45, 7) is 3.30. The van der Waals surface area contributed by atoms with Crippen LogP contribution in [0.3, 0.4) is 0 Å². The Balaban J connectivity index is 2.16. The number of hydrogen-bond donors (Lipinski definition) is 1. The molecule has 1 N–H and O–H groups in total. The number of nitrogens with zero attached hydrogens (tertiary/aromatic N) is 3. The number of carboxylic acids is 1. The molecule has 0 saturated carbocycles. The van der Waals surface area contributed by atoms with Crippen molar-refractivity contribution in [2.45, 2.75) is 19.8 Å². The number of carboxylic acid groups (broad SMARTS) is 1. The molecule has 2 heterocycles. The predicted molar refractivity (Wildman–Crippen MR) is 59.3 cm³/mol. The zero-order valence-electron chi connectivity index (χ0n) is 9.26. The highest BCUT2D eigenvalue weighted by Crippen LogP contribution is 2.22. The van der Waals surface area contributed by atoms with E-state index in [9.17, 15) is 4.79 Å². The van der Waals surface area contributed by atoms with Crippen LogP contribution in [0, 0.1) is 12.8 Å². The minimum atomic E-state index is -0.716. The van der Waals surface area contributed by atoms with E-state index in [-0.39, 0.29) is 5.92 Å². The van der Waals surface area contributed by atoms with Gasteiger partial charge in [0.15, 0.2) is 0 Å². The summed E-state index contributed by atoms with van der Waals surface area (Å²) in [5, 5.41) is 9.01. The summed E-state index contributed by atoms with van der Waals surface area (Å²) >= 11 is 0. The van der Waals surface area contributed by atoms with Gasteiger partial charge in [-0.15, -0.1) is 0 Å². The normalized spacial score (nSPS) is 20.8. The van der Waals surface area contributed by atoms with Crippen LogP contribution in [0.2, 0.25) is 0 Å². The third-order valence-electron chi connectivity index (χ3n) is 2.93. The number of rotatable bonds is 2. The van der Waals surface area contributed by atoms with Gasteiger partial charge in [-0.3, -0.25) is 9.78 Å². The molecule has 0 spiro atoms. The van der Waals surface area contributed by atoms with Crippen molar-refractivity contribution in [3.8, 4) is 0 Å². The van der Waals surface area contributed by atoms with Crippen LogP contribution in [-0.2, 0) is 4.79 Å². The van der Waals surface area contributed by atoms with Gasteiger partial charge >= 0.3 is 5.97 Å². The molecular weight excluding hydrogens is 206 g/mol. The zero-order valence-corrected chi connectivity index (χ0v) is 9.26. The average molecular weight is 221 g/mol. The van der Waals surface area contributed by atoms with E-state index in [1.165, 1.54) is 0 Å². The van der Waals surface area contributed by atoms with Gasteiger partial charge in [0.05, 0.1) is 11.6 Å². The van der Waals surface area contributed by atoms with E-state index in [0.717, 1.165) is 30.9 Å². The fraction of sp³-hybridized carbons (Fsp3) is 0.545. The third-order valence-corrected chi connectivity index (χ3v) is 2.93. The second kappa shape index (κ2) is 4.47. The molecular formula is C11H15N3O2. The van der Waals surface area contributed by atoms with Crippen LogP contribution in [0.1, 0.15) is 18.5 Å². The summed E-state index contributed by atoms with van der Waals surface area (Å²) in [4.78, 5) is 21.4. The highest BCUT2D eigenvalue weighted by atomic mass is 16.4. The Hall–Kier alpha value is -1.65. The Morgan fingerprint density at radius 1 is 1.50 bits per heavy atom. The van der Waals surface area contributed by atoms with Gasteiger partial charge < -0.3 is 10.0 Å². The molecule has 0 aromatic carbocycles. The van der Waals surface area contributed by atoms with Gasteiger partial charge in [0.25, 0.3) is 0 Å². The van der Waals surface area contributed by atoms with Crippen LogP contribution < -0.4 is 4.90 Å². The topological polar surface area (TPSA) is 66.3 Å². The molecule has 1 saturated heterocycles. The maximum absolute atomic E-state index is 11.0. The fourth-order valence-corrected chi connectivity index (χ4v) is 2.08. The molecule has 0 bridgehead atoms. The molecule has 1 fully saturated rings. The summed E-state index contributed by atoms with van der Waals surface area (Å²) in [5.41, 5.74) is 0.855. The molecule has 1 unspecified atom stereocenters. The minimum Gasteiger partial charge on any atom is -0.481 e. The Morgan fingerprint density at radius 2 is 2.25 bits per heavy atom. The van der Waals surface area contributed by atoms with Crippen LogP contribution >= 0.6 is 0 Å². The molecule has 2 rings (SSSR count). The standard InChI is InChI=1S/C11H15N3O2/c1-8-10(13-5-4-12-8)14-6-2-3-9(7-14)11(15)16/h4-5,9H,2-3,6-7H2,1H3,(H,15,16). The van der Waals surface area contributed by atoms with E-state index >= 15 is 0 Å². The van der Waals surface area contributed by atoms with Gasteiger partial charge in [0.2, 0.25) is 0 Å². The van der Waals surface area contributed by atoms with Gasteiger partial charge in [-0.1, -0.05) is 0 Å². The van der Waals surface area contributed by atoms with Gasteiger partial charge in [-0.25, -0.2) is 4.98 Å². The van der Waals surface area contributed by atoms with E-state index in [1.54, 1.807) is 12.4 Å². The van der Waals surface area contributed by atoms with E-state index in [0.29, 0.717) is 6.54 Å². The van der Waals surface area contributed by atoms with Crippen molar-refractivity contribution < 1.29 is 9.90 Å². The molecule has 1 aliphatic rings. The summed E-state index contributed by atoms with van der Waals surface area (Å²) < 4.78 is 0. The van der Waals surface area contributed by atoms with Crippen molar-refractivity contribution in [3.05, 3.63) is 18.1 Å². The van der Waals surface area contributed by atoms with E-state index in [1.807, 2.05) is 11.8 Å². The van der Waals surface area contributed by atoms with E-state index in [4.69, 9.17) is 5.11 Å². The lowest BCUT2D eigenvalue weighted by molar-refractivity contribution is -0.141. The first-order valence-electron chi connectivity index (χ1n) is 5.44. The van der Waals surface area contributed by atoms with Crippen molar-refractivity contribution in [1.29, 1.82) is 0 Å². The first kappa shape index (κ1) is 10.9. The lowest BCUT2D eigenvalue weighted by Gasteiger charge is -2.32. The number of aryl methyl sites for hydroxylation is 1. The third kappa shape index (κ3) is 2.13. The number of aliphatic carboxylic acids is 1. The Kier molecular flexibility index (Phi) is 3.03. The number of aromatic nitrogens is 2. The Morgan fingerprint density at radius 3 is 2.94 bits per heavy atom. The molecule has 0 aliphatic carbocycles. The molecule has 86 valence electrons. The zero-order chi connectivity index (χ0) is 11.5. The number of carbonyl (C=O) groups is 1. The van der Waals surface area contributed by atoms with Crippen LogP contribution in [0.15, 0.2) is 12.4 Å². The number of piperidine rings is 1. The highest BCUT2D eigenvalue weighted by molar-refractivity contribution is 5.71. The minimum absolute atomic E-state index is 0.282. The molecule has 1 aromatic rings. The van der Waals surface area contributed by atoms with Gasteiger partial charge in [-0.05, 0) is 19.8 Å². The lowest BCUT2D eigenvalue weighted by atomic mass is 9.98. The largest absolute Gasteiger partial charge is 0.481 e. The second-order valence-corrected chi connectivity index (χ2v) is 4.09. The number of anilines is 1. The van der Waals surface area contributed by atoms with Crippen LogP contribution in [0.4, 0.5) is 5.82 Å². The average Bonchev–Trinajstić information content (AvgIpc) is 2.30. The molecule has 1 aromatic heterocycles. The van der Waals surface area contributed by atoms with Crippen LogP contribution in [-0.4, -0.2) is 34.1 Å². The van der Waals surface area contributed by atoms with Gasteiger partial charge in [0.1, 0.15) is 5.82 Å². The molecule has 16 heavy (non-hydrogen) atoms. The van der Waals surface area contributed by atoms with Crippen molar-refractivity contribution in [1.82, 2.24) is 9.97 Å². The molecule has 5 nitrogen and oxygen atoms in total. The molecule has 1 aliphatic heterocycles. The molecule has 1 atom stereocenters. The Bertz CT molecular complexity index is 395. The van der Waals surface area contributed by atoms with E-state index < -0.39 is 5.97 Å². The first-order chi connectivity index (χ1) is 7.68. The second-order valence-electron chi connectivity index (χ2n) is 4.09. The maximum Gasteiger partial charge on any atom is 0.308 e. The van der Waals surface area contributed by atoms with Gasteiger partial charge in [0, 0.05) is 25.5 Å². The van der Waals surface area contributed by atoms with Crippen molar-refractivity contribution in [3.63, 3.8) is 0 Å². The SMILES string of the molecule is Cc1nccnc1N1CCCC(C(=O)O)C1. The quantitative estimate of drug-likeness (QED) is 0.809. The molecule has 5 heteroatoms. The smallest absolute Gasteiger partial charge is 0.308 e. The first-order valence-corrected chi connectivity index (χ1v) is 5.44. The van der Waals surface area contributed by atoms with E-state index in [2.05, 4.69) is 9.97 Å². The lowest BCUT2D eigenvalue weighted by Crippen LogP contribution is -2.39. The fourth-order valence-electron chi connectivity index (χ4n) is 2.08. The van der Waals surface area contributed by atoms with Crippen molar-refractivity contribution >= 4 is 11.8 Å². The van der Waals surface area contributed by atoms with Crippen LogP contribution in [0.25, 0.3) is 0 Å². The summed E-state index contributed by atoms with van der Waals surface area (Å²) in [6.07, 6.45) is 4.95. The molecule has 0 radical (unpaired) electrons. The van der Waals surface area contributed by atoms with Gasteiger partial charge in [-0.2, -0.15) is 0 Å². The van der Waals surface area contributed by atoms with Crippen LogP contribution in [0.5, 0.6) is 0 Å². The summed E-state index contributed by atoms with van der Waals surface area (Å²) in [7, 11) is 0. The maximum atomic E-state index is 11.0. The van der Waals surface area contributed by atoms with Crippen molar-refractivity contribution in [2.24, 2.45) is 5.92 Å². The highest BCUT2D eigenvalue weighted by Gasteiger charge is 2.26. The predicted octanol–water partition coefficient (Wildman–Crippen LogP) is 1.09. The Labute approximate surface area is 94.1 Å². The number of hydrogen-bond acceptors (Lipinski definition) is 4. The van der Waals surface area contributed by atoms with Crippen molar-refractivity contribution in [2.75, 3.05) is 18.0 Å².